The summed E-state index contributed by atoms with van der Waals surface area (Å²) >= 11 is 1.30. The molecule has 0 spiro atoms. The summed E-state index contributed by atoms with van der Waals surface area (Å²) in [4.78, 5) is 70.6. The second kappa shape index (κ2) is 14.1. The molecular formula is C38H42N6O7S. The fraction of sp³-hybridized carbons (Fsp3) is 0.395. The molecule has 0 aliphatic carbocycles. The number of pyridine rings is 1. The molecule has 5 heterocycles. The van der Waals surface area contributed by atoms with Gasteiger partial charge in [-0.25, -0.2) is 0 Å². The van der Waals surface area contributed by atoms with Crippen LogP contribution in [-0.4, -0.2) is 91.5 Å². The lowest BCUT2D eigenvalue weighted by Gasteiger charge is -2.34. The number of aryl methyl sites for hydroxylation is 1. The highest BCUT2D eigenvalue weighted by Gasteiger charge is 2.39. The monoisotopic (exact) mass is 726 g/mol. The third kappa shape index (κ3) is 6.52. The van der Waals surface area contributed by atoms with Gasteiger partial charge in [0.25, 0.3) is 17.4 Å². The zero-order valence-corrected chi connectivity index (χ0v) is 30.7. The molecule has 3 aliphatic rings. The number of amides is 4. The number of hydrogen-bond acceptors (Lipinski definition) is 10. The summed E-state index contributed by atoms with van der Waals surface area (Å²) in [5.74, 6) is 0.191. The third-order valence-electron chi connectivity index (χ3n) is 10.2. The van der Waals surface area contributed by atoms with Crippen molar-refractivity contribution in [2.75, 3.05) is 46.3 Å². The number of thiophene rings is 1. The Kier molecular flexibility index (Phi) is 9.53. The molecule has 14 heteroatoms. The molecule has 3 aliphatic heterocycles. The average molecular weight is 727 g/mol. The Hall–Kier alpha value is -5.21. The van der Waals surface area contributed by atoms with Gasteiger partial charge in [0.05, 0.1) is 30.0 Å². The molecule has 2 fully saturated rings. The van der Waals surface area contributed by atoms with E-state index in [2.05, 4.69) is 15.5 Å². The first-order valence-electron chi connectivity index (χ1n) is 17.3. The lowest BCUT2D eigenvalue weighted by molar-refractivity contribution is -0.136. The first-order chi connectivity index (χ1) is 24.9. The number of rotatable bonds is 9. The van der Waals surface area contributed by atoms with Crippen LogP contribution >= 0.6 is 11.3 Å². The second-order valence-electron chi connectivity index (χ2n) is 13.9. The first kappa shape index (κ1) is 35.2. The van der Waals surface area contributed by atoms with Crippen LogP contribution in [-0.2, 0) is 29.7 Å². The van der Waals surface area contributed by atoms with Gasteiger partial charge in [0.15, 0.2) is 0 Å². The molecular weight excluding hydrogens is 685 g/mol. The number of hydrogen-bond donors (Lipinski definition) is 2. The van der Waals surface area contributed by atoms with E-state index in [1.54, 1.807) is 38.4 Å². The van der Waals surface area contributed by atoms with E-state index in [0.717, 1.165) is 32.6 Å². The highest BCUT2D eigenvalue weighted by molar-refractivity contribution is 7.21. The van der Waals surface area contributed by atoms with E-state index in [1.165, 1.54) is 15.9 Å². The van der Waals surface area contributed by atoms with Crippen LogP contribution in [0.4, 0.5) is 5.69 Å². The van der Waals surface area contributed by atoms with Crippen LogP contribution in [0, 0.1) is 0 Å². The smallest absolute Gasteiger partial charge is 0.261 e. The average Bonchev–Trinajstić information content (AvgIpc) is 3.72. The topological polar surface area (TPSA) is 143 Å². The summed E-state index contributed by atoms with van der Waals surface area (Å²) in [6, 6.07) is 10.7. The highest BCUT2D eigenvalue weighted by atomic mass is 32.1. The van der Waals surface area contributed by atoms with Crippen LogP contribution in [0.1, 0.15) is 56.8 Å². The maximum atomic E-state index is 13.6. The van der Waals surface area contributed by atoms with Gasteiger partial charge in [-0.3, -0.25) is 29.3 Å². The van der Waals surface area contributed by atoms with Gasteiger partial charge in [0.1, 0.15) is 17.5 Å². The molecule has 2 aromatic carbocycles. The van der Waals surface area contributed by atoms with E-state index in [9.17, 15) is 24.0 Å². The van der Waals surface area contributed by atoms with Crippen molar-refractivity contribution in [3.8, 4) is 22.6 Å². The Morgan fingerprint density at radius 3 is 2.35 bits per heavy atom. The minimum absolute atomic E-state index is 0.0619. The minimum Gasteiger partial charge on any atom is -0.496 e. The molecule has 0 saturated carbocycles. The number of carbonyl (C=O) groups excluding carboxylic acids is 4. The zero-order valence-electron chi connectivity index (χ0n) is 29.9. The summed E-state index contributed by atoms with van der Waals surface area (Å²) < 4.78 is 13.8. The maximum absolute atomic E-state index is 13.6. The van der Waals surface area contributed by atoms with Crippen molar-refractivity contribution in [1.29, 1.82) is 0 Å². The molecule has 2 saturated heterocycles. The summed E-state index contributed by atoms with van der Waals surface area (Å²) in [6.45, 7) is 2.32. The first-order valence-corrected chi connectivity index (χ1v) is 18.1. The van der Waals surface area contributed by atoms with E-state index < -0.39 is 11.9 Å². The van der Waals surface area contributed by atoms with Gasteiger partial charge in [0.2, 0.25) is 11.8 Å². The van der Waals surface area contributed by atoms with Crippen molar-refractivity contribution >= 4 is 50.7 Å². The minimum atomic E-state index is -0.650. The molecule has 4 amide bonds. The van der Waals surface area contributed by atoms with Crippen LogP contribution in [0.25, 0.3) is 21.2 Å². The number of nitrogens with zero attached hydrogens (tertiary/aromatic N) is 4. The molecule has 0 bridgehead atoms. The van der Waals surface area contributed by atoms with E-state index in [-0.39, 0.29) is 35.7 Å². The van der Waals surface area contributed by atoms with Crippen molar-refractivity contribution in [2.24, 2.45) is 7.05 Å². The van der Waals surface area contributed by atoms with Crippen LogP contribution in [0.2, 0.25) is 0 Å². The second-order valence-corrected chi connectivity index (χ2v) is 14.9. The van der Waals surface area contributed by atoms with E-state index in [4.69, 9.17) is 9.47 Å². The SMILES string of the molecule is COc1cc(-c2cn(C)c(=O)c3cc(C(=O)NC4CCN(c5ccc6c(c5)C(=O)N(C5CCC(=O)NC5=O)C6)CC4)sc23)cc(OC)c1CN(C)C. The number of anilines is 1. The number of nitrogens with one attached hydrogen (secondary N) is 2. The van der Waals surface area contributed by atoms with Crippen LogP contribution in [0.3, 0.4) is 0 Å². The fourth-order valence-electron chi connectivity index (χ4n) is 7.46. The molecule has 1 atom stereocenters. The van der Waals surface area contributed by atoms with Gasteiger partial charge in [-0.15, -0.1) is 11.3 Å². The lowest BCUT2D eigenvalue weighted by Crippen LogP contribution is -2.52. The number of benzene rings is 2. The van der Waals surface area contributed by atoms with Gasteiger partial charge < -0.3 is 34.1 Å². The summed E-state index contributed by atoms with van der Waals surface area (Å²) in [6.07, 6.45) is 3.74. The quantitative estimate of drug-likeness (QED) is 0.248. The molecule has 4 aromatic rings. The Morgan fingerprint density at radius 1 is 0.981 bits per heavy atom. The molecule has 13 nitrogen and oxygen atoms in total. The molecule has 2 aromatic heterocycles. The summed E-state index contributed by atoms with van der Waals surface area (Å²) in [7, 11) is 8.90. The van der Waals surface area contributed by atoms with Crippen LogP contribution in [0.15, 0.2) is 47.4 Å². The predicted molar refractivity (Wildman–Crippen MR) is 198 cm³/mol. The van der Waals surface area contributed by atoms with Gasteiger partial charge in [0, 0.05) is 73.4 Å². The van der Waals surface area contributed by atoms with E-state index in [0.29, 0.717) is 72.8 Å². The molecule has 1 unspecified atom stereocenters. The fourth-order valence-corrected chi connectivity index (χ4v) is 8.54. The standard InChI is InChI=1S/C38H42N6O7S/c1-41(2)19-28-30(50-4)14-22(15-31(28)51-5)27-20-42(3)37(48)26-17-32(52-34(26)27)36(47)39-23-10-12-43(13-11-23)24-7-6-21-18-44(38(49)25(21)16-24)29-8-9-33(45)40-35(29)46/h6-7,14-17,20,23,29H,8-13,18-19H2,1-5H3,(H,39,47)(H,40,45,46). The number of ether oxygens (including phenoxy) is 2. The van der Waals surface area contributed by atoms with Crippen molar-refractivity contribution in [3.63, 3.8) is 0 Å². The maximum Gasteiger partial charge on any atom is 0.261 e. The third-order valence-corrected chi connectivity index (χ3v) is 11.3. The van der Waals surface area contributed by atoms with Crippen LogP contribution < -0.4 is 30.6 Å². The number of methoxy groups -OCH3 is 2. The van der Waals surface area contributed by atoms with E-state index >= 15 is 0 Å². The van der Waals surface area contributed by atoms with Gasteiger partial charge in [-0.05, 0) is 74.8 Å². The summed E-state index contributed by atoms with van der Waals surface area (Å²) in [5.41, 5.74) is 4.70. The molecule has 52 heavy (non-hydrogen) atoms. The number of carbonyl (C=O) groups is 4. The predicted octanol–water partition coefficient (Wildman–Crippen LogP) is 3.51. The molecule has 7 rings (SSSR count). The van der Waals surface area contributed by atoms with Gasteiger partial charge in [-0.1, -0.05) is 6.07 Å². The number of fused-ring (bicyclic) bond motifs is 2. The number of piperidine rings is 2. The largest absolute Gasteiger partial charge is 0.496 e. The normalized spacial score (nSPS) is 17.9. The van der Waals surface area contributed by atoms with Gasteiger partial charge >= 0.3 is 0 Å². The Labute approximate surface area is 305 Å². The van der Waals surface area contributed by atoms with Gasteiger partial charge in [-0.2, -0.15) is 0 Å². The van der Waals surface area contributed by atoms with Crippen molar-refractivity contribution in [1.82, 2.24) is 25.0 Å². The molecule has 272 valence electrons. The summed E-state index contributed by atoms with van der Waals surface area (Å²) in [5, 5.41) is 6.01. The molecule has 2 N–H and O–H groups in total. The Balaban J connectivity index is 1.05. The van der Waals surface area contributed by atoms with Crippen LogP contribution in [0.5, 0.6) is 11.5 Å². The zero-order chi connectivity index (χ0) is 36.8. The Morgan fingerprint density at radius 2 is 1.69 bits per heavy atom. The lowest BCUT2D eigenvalue weighted by atomic mass is 10.0. The van der Waals surface area contributed by atoms with E-state index in [1.807, 2.05) is 49.3 Å². The van der Waals surface area contributed by atoms with Crippen molar-refractivity contribution < 1.29 is 28.7 Å². The molecule has 0 radical (unpaired) electrons. The Bertz CT molecular complexity index is 2140. The van der Waals surface area contributed by atoms with Crippen molar-refractivity contribution in [3.05, 3.63) is 74.5 Å². The number of imide groups is 1. The highest BCUT2D eigenvalue weighted by Crippen LogP contribution is 2.40. The number of aromatic nitrogens is 1. The van der Waals surface area contributed by atoms with Crippen molar-refractivity contribution in [2.45, 2.75) is 50.9 Å².